The summed E-state index contributed by atoms with van der Waals surface area (Å²) < 4.78 is 21.6. The van der Waals surface area contributed by atoms with E-state index in [-0.39, 0.29) is 9.92 Å². The molecule has 0 aliphatic heterocycles. The molecular weight excluding hydrogens is 293 g/mol. The first-order valence-corrected chi connectivity index (χ1v) is 7.52. The molecule has 0 aromatic heterocycles. The van der Waals surface area contributed by atoms with Crippen molar-refractivity contribution < 1.29 is 8.42 Å². The lowest BCUT2D eigenvalue weighted by atomic mass is 10.4. The third-order valence-electron chi connectivity index (χ3n) is 1.78. The van der Waals surface area contributed by atoms with E-state index in [4.69, 9.17) is 39.6 Å². The van der Waals surface area contributed by atoms with E-state index in [1.807, 2.05) is 0 Å². The van der Waals surface area contributed by atoms with Crippen molar-refractivity contribution in [2.24, 2.45) is 5.73 Å². The Kier molecular flexibility index (Phi) is 4.88. The van der Waals surface area contributed by atoms with Crippen LogP contribution in [0.5, 0.6) is 0 Å². The van der Waals surface area contributed by atoms with Gasteiger partial charge in [0.25, 0.3) is 9.05 Å². The zero-order chi connectivity index (χ0) is 12.3. The highest BCUT2D eigenvalue weighted by Crippen LogP contribution is 2.27. The van der Waals surface area contributed by atoms with Gasteiger partial charge in [-0.1, -0.05) is 23.2 Å². The fourth-order valence-corrected chi connectivity index (χ4v) is 2.53. The largest absolute Gasteiger partial charge is 0.328 e. The van der Waals surface area contributed by atoms with Crippen LogP contribution in [0, 0.1) is 0 Å². The highest BCUT2D eigenvalue weighted by molar-refractivity contribution is 8.13. The van der Waals surface area contributed by atoms with Gasteiger partial charge in [0.05, 0.1) is 5.02 Å². The third kappa shape index (κ3) is 4.89. The average Bonchev–Trinajstić information content (AvgIpc) is 2.85. The lowest BCUT2D eigenvalue weighted by molar-refractivity contribution is 0.609. The molecule has 90 valence electrons. The molecule has 0 bridgehead atoms. The van der Waals surface area contributed by atoms with Gasteiger partial charge in [-0.05, 0) is 31.0 Å². The van der Waals surface area contributed by atoms with Gasteiger partial charge >= 0.3 is 0 Å². The molecule has 0 heterocycles. The maximum atomic E-state index is 10.8. The molecular formula is C9H10Cl3NO2S. The Hall–Kier alpha value is -0.000000000000000111. The number of halogens is 3. The molecule has 2 rings (SSSR count). The Morgan fingerprint density at radius 3 is 2.06 bits per heavy atom. The third-order valence-corrected chi connectivity index (χ3v) is 3.82. The molecule has 0 amide bonds. The first kappa shape index (κ1) is 14.1. The summed E-state index contributed by atoms with van der Waals surface area (Å²) in [5, 5.41) is 0.390. The Morgan fingerprint density at radius 2 is 1.75 bits per heavy atom. The minimum Gasteiger partial charge on any atom is -0.328 e. The van der Waals surface area contributed by atoms with Crippen LogP contribution in [0.4, 0.5) is 0 Å². The minimum absolute atomic E-state index is 0.0255. The van der Waals surface area contributed by atoms with Crippen molar-refractivity contribution >= 4 is 42.9 Å². The van der Waals surface area contributed by atoms with Crippen LogP contribution in [0.2, 0.25) is 10.0 Å². The lowest BCUT2D eigenvalue weighted by Gasteiger charge is -1.98. The van der Waals surface area contributed by atoms with Gasteiger partial charge in [0.2, 0.25) is 0 Å². The van der Waals surface area contributed by atoms with E-state index in [1.54, 1.807) is 0 Å². The summed E-state index contributed by atoms with van der Waals surface area (Å²) in [6.07, 6.45) is 2.53. The van der Waals surface area contributed by atoms with Gasteiger partial charge in [-0.25, -0.2) is 8.42 Å². The van der Waals surface area contributed by atoms with Gasteiger partial charge in [-0.2, -0.15) is 0 Å². The number of benzene rings is 1. The van der Waals surface area contributed by atoms with Gasteiger partial charge in [-0.15, -0.1) is 0 Å². The van der Waals surface area contributed by atoms with E-state index in [2.05, 4.69) is 0 Å². The van der Waals surface area contributed by atoms with Crippen molar-refractivity contribution in [3.05, 3.63) is 28.2 Å². The van der Waals surface area contributed by atoms with Crippen LogP contribution in [0.25, 0.3) is 0 Å². The molecule has 1 aromatic carbocycles. The highest BCUT2D eigenvalue weighted by Gasteiger charge is 2.14. The predicted octanol–water partition coefficient (Wildman–Crippen LogP) is 3.03. The minimum atomic E-state index is -3.77. The van der Waals surface area contributed by atoms with Crippen molar-refractivity contribution in [1.29, 1.82) is 0 Å². The van der Waals surface area contributed by atoms with Crippen molar-refractivity contribution in [1.82, 2.24) is 0 Å². The Morgan fingerprint density at radius 1 is 1.25 bits per heavy atom. The standard InChI is InChI=1S/C6H3Cl3O2S.C3H7N/c7-4-1-2-6(5(8)3-4)12(9,10)11;4-3-1-2-3/h1-3H;3H,1-2,4H2. The molecule has 0 saturated heterocycles. The zero-order valence-electron chi connectivity index (χ0n) is 8.16. The van der Waals surface area contributed by atoms with Crippen LogP contribution >= 0.6 is 33.9 Å². The summed E-state index contributed by atoms with van der Waals surface area (Å²) >= 11 is 11.1. The van der Waals surface area contributed by atoms with Crippen LogP contribution in [0.15, 0.2) is 23.1 Å². The molecule has 0 radical (unpaired) electrons. The number of rotatable bonds is 1. The first-order chi connectivity index (χ1) is 7.30. The quantitative estimate of drug-likeness (QED) is 0.811. The van der Waals surface area contributed by atoms with Gasteiger partial charge in [0.1, 0.15) is 4.90 Å². The molecule has 0 spiro atoms. The van der Waals surface area contributed by atoms with E-state index in [0.29, 0.717) is 11.1 Å². The van der Waals surface area contributed by atoms with Crippen molar-refractivity contribution in [2.45, 2.75) is 23.8 Å². The summed E-state index contributed by atoms with van der Waals surface area (Å²) in [5.74, 6) is 0. The maximum absolute atomic E-state index is 10.8. The molecule has 1 fully saturated rings. The fraction of sp³-hybridized carbons (Fsp3) is 0.333. The molecule has 0 unspecified atom stereocenters. The fourth-order valence-electron chi connectivity index (χ4n) is 0.769. The monoisotopic (exact) mass is 301 g/mol. The van der Waals surface area contributed by atoms with Crippen LogP contribution in [-0.4, -0.2) is 14.5 Å². The van der Waals surface area contributed by atoms with E-state index >= 15 is 0 Å². The highest BCUT2D eigenvalue weighted by atomic mass is 35.7. The SMILES string of the molecule is NC1CC1.O=S(=O)(Cl)c1ccc(Cl)cc1Cl. The zero-order valence-corrected chi connectivity index (χ0v) is 11.2. The van der Waals surface area contributed by atoms with Gasteiger partial charge < -0.3 is 5.73 Å². The van der Waals surface area contributed by atoms with Crippen LogP contribution in [-0.2, 0) is 9.05 Å². The van der Waals surface area contributed by atoms with Crippen molar-refractivity contribution in [2.75, 3.05) is 0 Å². The lowest BCUT2D eigenvalue weighted by Crippen LogP contribution is -1.94. The summed E-state index contributed by atoms with van der Waals surface area (Å²) in [5.41, 5.74) is 5.22. The molecule has 7 heteroatoms. The van der Waals surface area contributed by atoms with Gasteiger partial charge in [-0.3, -0.25) is 0 Å². The molecule has 1 aliphatic rings. The molecule has 1 aliphatic carbocycles. The number of hydrogen-bond donors (Lipinski definition) is 1. The van der Waals surface area contributed by atoms with Crippen LogP contribution < -0.4 is 5.73 Å². The van der Waals surface area contributed by atoms with Crippen LogP contribution in [0.3, 0.4) is 0 Å². The second-order valence-electron chi connectivity index (χ2n) is 3.35. The first-order valence-electron chi connectivity index (χ1n) is 4.46. The Bertz CT molecular complexity index is 472. The van der Waals surface area contributed by atoms with Gasteiger partial charge in [0.15, 0.2) is 0 Å². The maximum Gasteiger partial charge on any atom is 0.262 e. The van der Waals surface area contributed by atoms with E-state index in [0.717, 1.165) is 0 Å². The molecule has 1 saturated carbocycles. The van der Waals surface area contributed by atoms with Crippen LogP contribution in [0.1, 0.15) is 12.8 Å². The molecule has 0 atom stereocenters. The smallest absolute Gasteiger partial charge is 0.262 e. The number of nitrogens with two attached hydrogens (primary N) is 1. The Balaban J connectivity index is 0.000000267. The van der Waals surface area contributed by atoms with E-state index in [9.17, 15) is 8.42 Å². The Labute approximate surface area is 109 Å². The number of hydrogen-bond acceptors (Lipinski definition) is 3. The topological polar surface area (TPSA) is 60.2 Å². The molecule has 2 N–H and O–H groups in total. The molecule has 16 heavy (non-hydrogen) atoms. The summed E-state index contributed by atoms with van der Waals surface area (Å²) in [6.45, 7) is 0. The van der Waals surface area contributed by atoms with Gasteiger partial charge in [0, 0.05) is 21.7 Å². The van der Waals surface area contributed by atoms with E-state index < -0.39 is 9.05 Å². The van der Waals surface area contributed by atoms with Crippen molar-refractivity contribution in [3.63, 3.8) is 0 Å². The second-order valence-corrected chi connectivity index (χ2v) is 6.73. The summed E-state index contributed by atoms with van der Waals surface area (Å²) in [4.78, 5) is -0.129. The predicted molar refractivity (Wildman–Crippen MR) is 66.7 cm³/mol. The van der Waals surface area contributed by atoms with E-state index in [1.165, 1.54) is 31.0 Å². The van der Waals surface area contributed by atoms with Crippen molar-refractivity contribution in [3.8, 4) is 0 Å². The molecule has 1 aromatic rings. The summed E-state index contributed by atoms with van der Waals surface area (Å²) in [7, 11) is 1.29. The normalized spacial score (nSPS) is 15.2. The molecule has 3 nitrogen and oxygen atoms in total. The second kappa shape index (κ2) is 5.56. The average molecular weight is 303 g/mol. The summed E-state index contributed by atoms with van der Waals surface area (Å²) in [6, 6.07) is 4.56.